The lowest BCUT2D eigenvalue weighted by atomic mass is 9.97. The first-order valence-electron chi connectivity index (χ1n) is 9.66. The Morgan fingerprint density at radius 1 is 1.25 bits per heavy atom. The van der Waals surface area contributed by atoms with E-state index in [1.54, 1.807) is 25.6 Å². The lowest BCUT2D eigenvalue weighted by Gasteiger charge is -2.31. The van der Waals surface area contributed by atoms with Crippen molar-refractivity contribution in [3.8, 4) is 0 Å². The van der Waals surface area contributed by atoms with Crippen LogP contribution in [-0.2, 0) is 16.1 Å². The molecule has 1 aliphatic heterocycles. The lowest BCUT2D eigenvalue weighted by Crippen LogP contribution is -2.41. The molecule has 0 unspecified atom stereocenters. The molecule has 7 nitrogen and oxygen atoms in total. The average Bonchev–Trinajstić information content (AvgIpc) is 3.17. The number of hydrogen-bond donors (Lipinski definition) is 1. The largest absolute Gasteiger partial charge is 0.383 e. The predicted octanol–water partition coefficient (Wildman–Crippen LogP) is 2.93. The number of carbonyl (C=O) groups is 1. The number of methoxy groups -OCH3 is 1. The van der Waals surface area contributed by atoms with Gasteiger partial charge in [-0.05, 0) is 37.1 Å². The predicted molar refractivity (Wildman–Crippen MR) is 109 cm³/mol. The second kappa shape index (κ2) is 8.39. The number of amides is 1. The highest BCUT2D eigenvalue weighted by atomic mass is 16.5. The smallest absolute Gasteiger partial charge is 0.229 e. The number of carbonyl (C=O) groups excluding carboxylic acids is 1. The summed E-state index contributed by atoms with van der Waals surface area (Å²) in [6, 6.07) is 9.85. The van der Waals surface area contributed by atoms with Crippen molar-refractivity contribution < 1.29 is 9.53 Å². The second-order valence-corrected chi connectivity index (χ2v) is 7.06. The van der Waals surface area contributed by atoms with E-state index in [2.05, 4.69) is 30.8 Å². The average molecular weight is 379 g/mol. The number of aromatic nitrogens is 3. The molecule has 3 heterocycles. The summed E-state index contributed by atoms with van der Waals surface area (Å²) in [5, 5.41) is 4.19. The molecule has 0 saturated carbocycles. The van der Waals surface area contributed by atoms with Gasteiger partial charge in [0.2, 0.25) is 11.9 Å². The molecule has 28 heavy (non-hydrogen) atoms. The monoisotopic (exact) mass is 379 g/mol. The zero-order valence-corrected chi connectivity index (χ0v) is 16.0. The number of hydrogen-bond acceptors (Lipinski definition) is 5. The molecule has 1 fully saturated rings. The Labute approximate surface area is 164 Å². The molecule has 0 bridgehead atoms. The minimum atomic E-state index is -0.0802. The number of piperidine rings is 1. The molecule has 1 N–H and O–H groups in total. The molecular formula is C21H25N5O2. The Hall–Kier alpha value is -2.93. The van der Waals surface area contributed by atoms with Crippen LogP contribution in [0.3, 0.4) is 0 Å². The maximum Gasteiger partial charge on any atom is 0.229 e. The van der Waals surface area contributed by atoms with E-state index in [4.69, 9.17) is 4.74 Å². The zero-order valence-electron chi connectivity index (χ0n) is 16.0. The summed E-state index contributed by atoms with van der Waals surface area (Å²) in [6.07, 6.45) is 7.34. The van der Waals surface area contributed by atoms with Crippen LogP contribution in [0.25, 0.3) is 10.9 Å². The van der Waals surface area contributed by atoms with Crippen molar-refractivity contribution in [2.75, 3.05) is 37.0 Å². The number of nitrogens with one attached hydrogen (secondary N) is 1. The van der Waals surface area contributed by atoms with Crippen LogP contribution in [0.2, 0.25) is 0 Å². The van der Waals surface area contributed by atoms with Gasteiger partial charge in [-0.15, -0.1) is 0 Å². The van der Waals surface area contributed by atoms with Crippen LogP contribution in [0.1, 0.15) is 12.8 Å². The summed E-state index contributed by atoms with van der Waals surface area (Å²) in [6.45, 7) is 2.96. The lowest BCUT2D eigenvalue weighted by molar-refractivity contribution is -0.120. The molecule has 1 aromatic carbocycles. The number of ether oxygens (including phenoxy) is 1. The highest BCUT2D eigenvalue weighted by Crippen LogP contribution is 2.27. The van der Waals surface area contributed by atoms with E-state index in [1.807, 2.05) is 24.4 Å². The summed E-state index contributed by atoms with van der Waals surface area (Å²) in [4.78, 5) is 23.7. The maximum atomic E-state index is 13.0. The summed E-state index contributed by atoms with van der Waals surface area (Å²) < 4.78 is 7.32. The van der Waals surface area contributed by atoms with E-state index in [-0.39, 0.29) is 11.8 Å². The quantitative estimate of drug-likeness (QED) is 0.713. The maximum absolute atomic E-state index is 13.0. The van der Waals surface area contributed by atoms with E-state index in [9.17, 15) is 4.79 Å². The third kappa shape index (κ3) is 3.84. The Morgan fingerprint density at radius 2 is 2.11 bits per heavy atom. The minimum Gasteiger partial charge on any atom is -0.383 e. The van der Waals surface area contributed by atoms with E-state index in [1.165, 1.54) is 0 Å². The van der Waals surface area contributed by atoms with Gasteiger partial charge in [0.25, 0.3) is 0 Å². The van der Waals surface area contributed by atoms with Gasteiger partial charge >= 0.3 is 0 Å². The van der Waals surface area contributed by atoms with Crippen molar-refractivity contribution in [2.45, 2.75) is 19.4 Å². The number of benzene rings is 1. The first-order chi connectivity index (χ1) is 13.8. The van der Waals surface area contributed by atoms with Crippen LogP contribution < -0.4 is 10.2 Å². The van der Waals surface area contributed by atoms with Gasteiger partial charge in [-0.2, -0.15) is 0 Å². The highest BCUT2D eigenvalue weighted by molar-refractivity contribution is 6.02. The van der Waals surface area contributed by atoms with Crippen molar-refractivity contribution >= 4 is 28.4 Å². The summed E-state index contributed by atoms with van der Waals surface area (Å²) in [5.41, 5.74) is 1.95. The number of anilines is 2. The Kier molecular flexibility index (Phi) is 5.53. The number of rotatable bonds is 6. The summed E-state index contributed by atoms with van der Waals surface area (Å²) >= 11 is 0. The molecule has 146 valence electrons. The SMILES string of the molecule is COCCn1ccc2c(NC(=O)[C@@H]3CCCN(c4ncccn4)C3)cccc21. The van der Waals surface area contributed by atoms with Crippen LogP contribution >= 0.6 is 0 Å². The van der Waals surface area contributed by atoms with Gasteiger partial charge in [-0.25, -0.2) is 9.97 Å². The number of fused-ring (bicyclic) bond motifs is 1. The molecule has 0 aliphatic carbocycles. The molecular weight excluding hydrogens is 354 g/mol. The van der Waals surface area contributed by atoms with Gasteiger partial charge in [0.05, 0.1) is 23.7 Å². The van der Waals surface area contributed by atoms with E-state index < -0.39 is 0 Å². The van der Waals surface area contributed by atoms with E-state index in [0.717, 1.165) is 42.5 Å². The third-order valence-electron chi connectivity index (χ3n) is 5.24. The fourth-order valence-corrected chi connectivity index (χ4v) is 3.78. The van der Waals surface area contributed by atoms with Crippen LogP contribution in [-0.4, -0.2) is 47.2 Å². The van der Waals surface area contributed by atoms with Crippen molar-refractivity contribution in [3.05, 3.63) is 48.9 Å². The first kappa shape index (κ1) is 18.4. The molecule has 0 radical (unpaired) electrons. The van der Waals surface area contributed by atoms with Crippen LogP contribution in [0.4, 0.5) is 11.6 Å². The molecule has 1 amide bonds. The topological polar surface area (TPSA) is 72.3 Å². The number of nitrogens with zero attached hydrogens (tertiary/aromatic N) is 4. The molecule has 1 aliphatic rings. The van der Waals surface area contributed by atoms with Crippen molar-refractivity contribution in [1.29, 1.82) is 0 Å². The Balaban J connectivity index is 1.48. The van der Waals surface area contributed by atoms with Crippen LogP contribution in [0, 0.1) is 5.92 Å². The molecule has 2 aromatic heterocycles. The summed E-state index contributed by atoms with van der Waals surface area (Å²) in [5.74, 6) is 0.665. The van der Waals surface area contributed by atoms with Gasteiger partial charge < -0.3 is 19.5 Å². The van der Waals surface area contributed by atoms with Gasteiger partial charge in [0.1, 0.15) is 0 Å². The molecule has 3 aromatic rings. The normalized spacial score (nSPS) is 17.0. The fourth-order valence-electron chi connectivity index (χ4n) is 3.78. The first-order valence-corrected chi connectivity index (χ1v) is 9.66. The van der Waals surface area contributed by atoms with E-state index >= 15 is 0 Å². The Bertz CT molecular complexity index is 940. The van der Waals surface area contributed by atoms with E-state index in [0.29, 0.717) is 19.1 Å². The third-order valence-corrected chi connectivity index (χ3v) is 5.24. The van der Waals surface area contributed by atoms with Gasteiger partial charge in [0.15, 0.2) is 0 Å². The van der Waals surface area contributed by atoms with Crippen LogP contribution in [0.5, 0.6) is 0 Å². The molecule has 1 saturated heterocycles. The van der Waals surface area contributed by atoms with Crippen molar-refractivity contribution in [3.63, 3.8) is 0 Å². The molecule has 4 rings (SSSR count). The highest BCUT2D eigenvalue weighted by Gasteiger charge is 2.27. The second-order valence-electron chi connectivity index (χ2n) is 7.06. The molecule has 1 atom stereocenters. The van der Waals surface area contributed by atoms with Gasteiger partial charge in [-0.3, -0.25) is 4.79 Å². The molecule has 0 spiro atoms. The van der Waals surface area contributed by atoms with Crippen molar-refractivity contribution in [2.24, 2.45) is 5.92 Å². The summed E-state index contributed by atoms with van der Waals surface area (Å²) in [7, 11) is 1.70. The van der Waals surface area contributed by atoms with Crippen LogP contribution in [0.15, 0.2) is 48.9 Å². The minimum absolute atomic E-state index is 0.0535. The van der Waals surface area contributed by atoms with Gasteiger partial charge in [0, 0.05) is 50.7 Å². The zero-order chi connectivity index (χ0) is 19.3. The fraction of sp³-hybridized carbons (Fsp3) is 0.381. The van der Waals surface area contributed by atoms with Gasteiger partial charge in [-0.1, -0.05) is 6.07 Å². The molecule has 7 heteroatoms. The standard InChI is InChI=1S/C21H25N5O2/c1-28-14-13-25-12-8-17-18(6-2-7-19(17)25)24-20(27)16-5-3-11-26(15-16)21-22-9-4-10-23-21/h2,4,6-10,12,16H,3,5,11,13-15H2,1H3,(H,24,27)/t16-/m1/s1. The van der Waals surface area contributed by atoms with Crippen molar-refractivity contribution in [1.82, 2.24) is 14.5 Å². The Morgan fingerprint density at radius 3 is 2.93 bits per heavy atom.